The lowest BCUT2D eigenvalue weighted by molar-refractivity contribution is -0.140. The number of carbonyl (C=O) groups is 2. The third-order valence-corrected chi connectivity index (χ3v) is 7.77. The SMILES string of the molecule is CC(C)(C)OC(=O)NCCOCCOCCOCC(=O)Oc1ccc2c3c1O[C@H]1[C@@H](O)C=C[C@H]4[C@@H](C2)NCC[C@@]341. The van der Waals surface area contributed by atoms with E-state index in [1.807, 2.05) is 12.1 Å². The van der Waals surface area contributed by atoms with E-state index in [0.717, 1.165) is 24.9 Å². The highest BCUT2D eigenvalue weighted by Gasteiger charge is 2.63. The Morgan fingerprint density at radius 2 is 1.85 bits per heavy atom. The van der Waals surface area contributed by atoms with Crippen LogP contribution in [0.4, 0.5) is 4.79 Å². The van der Waals surface area contributed by atoms with Crippen molar-refractivity contribution < 1.29 is 43.1 Å². The number of rotatable bonds is 12. The Bertz CT molecular complexity index is 1120. The summed E-state index contributed by atoms with van der Waals surface area (Å²) in [6.07, 6.45) is 4.12. The van der Waals surface area contributed by atoms with Crippen molar-refractivity contribution >= 4 is 12.1 Å². The zero-order chi connectivity index (χ0) is 28.3. The molecule has 1 aromatic carbocycles. The average molecular weight is 561 g/mol. The second-order valence-corrected chi connectivity index (χ2v) is 11.6. The first-order valence-corrected chi connectivity index (χ1v) is 14.0. The van der Waals surface area contributed by atoms with Gasteiger partial charge in [-0.15, -0.1) is 0 Å². The third kappa shape index (κ3) is 5.99. The lowest BCUT2D eigenvalue weighted by Gasteiger charge is -2.53. The van der Waals surface area contributed by atoms with Crippen LogP contribution < -0.4 is 20.1 Å². The Morgan fingerprint density at radius 1 is 1.10 bits per heavy atom. The van der Waals surface area contributed by atoms with Gasteiger partial charge < -0.3 is 44.2 Å². The van der Waals surface area contributed by atoms with E-state index in [2.05, 4.69) is 16.7 Å². The quantitative estimate of drug-likeness (QED) is 0.150. The van der Waals surface area contributed by atoms with Crippen LogP contribution in [-0.4, -0.2) is 93.8 Å². The summed E-state index contributed by atoms with van der Waals surface area (Å²) < 4.78 is 33.4. The highest BCUT2D eigenvalue weighted by atomic mass is 16.6. The number of hydrogen-bond donors (Lipinski definition) is 3. The molecule has 3 N–H and O–H groups in total. The highest BCUT2D eigenvalue weighted by molar-refractivity contribution is 5.76. The molecule has 1 aromatic rings. The number of piperidine rings is 1. The van der Waals surface area contributed by atoms with E-state index in [1.54, 1.807) is 26.8 Å². The molecule has 1 amide bonds. The summed E-state index contributed by atoms with van der Waals surface area (Å²) >= 11 is 0. The van der Waals surface area contributed by atoms with Crippen molar-refractivity contribution in [3.8, 4) is 11.5 Å². The van der Waals surface area contributed by atoms with Crippen molar-refractivity contribution in [2.24, 2.45) is 5.92 Å². The summed E-state index contributed by atoms with van der Waals surface area (Å²) in [6, 6.07) is 4.10. The Balaban J connectivity index is 1.01. The summed E-state index contributed by atoms with van der Waals surface area (Å²) in [4.78, 5) is 24.1. The molecule has 5 rings (SSSR count). The van der Waals surface area contributed by atoms with Crippen LogP contribution in [-0.2, 0) is 35.6 Å². The number of ether oxygens (including phenoxy) is 6. The number of carbonyl (C=O) groups excluding carboxylic acids is 2. The minimum Gasteiger partial charge on any atom is -0.482 e. The fourth-order valence-corrected chi connectivity index (χ4v) is 6.33. The summed E-state index contributed by atoms with van der Waals surface area (Å²) in [5.41, 5.74) is 1.43. The smallest absolute Gasteiger partial charge is 0.407 e. The van der Waals surface area contributed by atoms with E-state index in [1.165, 1.54) is 5.56 Å². The number of amides is 1. The molecule has 0 saturated carbocycles. The van der Waals surface area contributed by atoms with Crippen LogP contribution in [0.2, 0.25) is 0 Å². The first kappa shape index (κ1) is 28.8. The summed E-state index contributed by atoms with van der Waals surface area (Å²) in [7, 11) is 0. The Hall–Kier alpha value is -2.70. The van der Waals surface area contributed by atoms with Gasteiger partial charge in [0.25, 0.3) is 0 Å². The summed E-state index contributed by atoms with van der Waals surface area (Å²) in [6.45, 7) is 7.97. The fraction of sp³-hybridized carbons (Fsp3) is 0.655. The average Bonchev–Trinajstić information content (AvgIpc) is 3.23. The van der Waals surface area contributed by atoms with Gasteiger partial charge in [-0.25, -0.2) is 9.59 Å². The molecule has 2 heterocycles. The second kappa shape index (κ2) is 12.0. The van der Waals surface area contributed by atoms with E-state index >= 15 is 0 Å². The van der Waals surface area contributed by atoms with Crippen molar-refractivity contribution in [3.05, 3.63) is 35.4 Å². The zero-order valence-corrected chi connectivity index (χ0v) is 23.4. The number of aliphatic hydroxyl groups excluding tert-OH is 1. The molecule has 2 aliphatic carbocycles. The molecule has 11 heteroatoms. The van der Waals surface area contributed by atoms with Crippen LogP contribution in [0.1, 0.15) is 38.3 Å². The van der Waals surface area contributed by atoms with E-state index in [0.29, 0.717) is 50.5 Å². The van der Waals surface area contributed by atoms with Crippen molar-refractivity contribution in [1.29, 1.82) is 0 Å². The van der Waals surface area contributed by atoms with Gasteiger partial charge in [0.05, 0.1) is 33.0 Å². The number of esters is 1. The van der Waals surface area contributed by atoms with Crippen molar-refractivity contribution in [2.45, 2.75) is 62.9 Å². The molecule has 1 spiro atoms. The van der Waals surface area contributed by atoms with Crippen molar-refractivity contribution in [1.82, 2.24) is 10.6 Å². The Labute approximate surface area is 234 Å². The van der Waals surface area contributed by atoms with Crippen LogP contribution in [0, 0.1) is 5.92 Å². The fourth-order valence-electron chi connectivity index (χ4n) is 6.33. The van der Waals surface area contributed by atoms with Gasteiger partial charge in [-0.1, -0.05) is 18.2 Å². The number of aliphatic hydroxyl groups is 1. The standard InChI is InChI=1S/C29H40N2O9/c1-28(2,3)40-27(34)31-10-11-35-12-13-36-14-15-37-17-23(33)38-22-7-4-18-16-20-19-5-6-21(32)26-29(19,8-9-30-20)24(18)25(22)39-26/h4-7,19-21,26,30,32H,8-17H2,1-3H3,(H,31,34)/t19-,20+,21-,26-,29-/m0/s1. The maximum absolute atomic E-state index is 12.6. The predicted molar refractivity (Wildman–Crippen MR) is 144 cm³/mol. The van der Waals surface area contributed by atoms with E-state index in [9.17, 15) is 14.7 Å². The molecule has 0 radical (unpaired) electrons. The van der Waals surface area contributed by atoms with Crippen LogP contribution in [0.15, 0.2) is 24.3 Å². The van der Waals surface area contributed by atoms with Gasteiger partial charge in [0.2, 0.25) is 0 Å². The van der Waals surface area contributed by atoms with Crippen molar-refractivity contribution in [3.63, 3.8) is 0 Å². The topological polar surface area (TPSA) is 134 Å². The molecule has 40 heavy (non-hydrogen) atoms. The molecule has 5 atom stereocenters. The van der Waals surface area contributed by atoms with Gasteiger partial charge in [-0.05, 0) is 51.8 Å². The number of hydrogen-bond acceptors (Lipinski definition) is 10. The lowest BCUT2D eigenvalue weighted by Crippen LogP contribution is -2.64. The van der Waals surface area contributed by atoms with Crippen LogP contribution in [0.3, 0.4) is 0 Å². The van der Waals surface area contributed by atoms with Gasteiger partial charge in [0.1, 0.15) is 24.4 Å². The molecule has 11 nitrogen and oxygen atoms in total. The molecule has 2 aliphatic heterocycles. The van der Waals surface area contributed by atoms with Gasteiger partial charge in [-0.3, -0.25) is 0 Å². The van der Waals surface area contributed by atoms with Crippen LogP contribution >= 0.6 is 0 Å². The van der Waals surface area contributed by atoms with Crippen molar-refractivity contribution in [2.75, 3.05) is 52.7 Å². The van der Waals surface area contributed by atoms with E-state index in [4.69, 9.17) is 28.4 Å². The van der Waals surface area contributed by atoms with Gasteiger partial charge in [-0.2, -0.15) is 0 Å². The Morgan fingerprint density at radius 3 is 2.62 bits per heavy atom. The first-order chi connectivity index (χ1) is 19.2. The summed E-state index contributed by atoms with van der Waals surface area (Å²) in [5.74, 6) is 0.654. The molecular formula is C29H40N2O9. The minimum absolute atomic E-state index is 0.222. The van der Waals surface area contributed by atoms with Crippen LogP contribution in [0.5, 0.6) is 11.5 Å². The Kier molecular flexibility index (Phi) is 8.67. The predicted octanol–water partition coefficient (Wildman–Crippen LogP) is 1.63. The monoisotopic (exact) mass is 560 g/mol. The highest BCUT2D eigenvalue weighted by Crippen LogP contribution is 2.61. The van der Waals surface area contributed by atoms with Gasteiger partial charge in [0, 0.05) is 29.5 Å². The largest absolute Gasteiger partial charge is 0.482 e. The number of nitrogens with one attached hydrogen (secondary N) is 2. The molecule has 0 unspecified atom stereocenters. The molecule has 4 aliphatic rings. The minimum atomic E-state index is -0.709. The molecule has 2 bridgehead atoms. The normalized spacial score (nSPS) is 27.5. The molecule has 1 saturated heterocycles. The van der Waals surface area contributed by atoms with Crippen LogP contribution in [0.25, 0.3) is 0 Å². The zero-order valence-electron chi connectivity index (χ0n) is 23.4. The summed E-state index contributed by atoms with van der Waals surface area (Å²) in [5, 5.41) is 17.0. The number of benzene rings is 1. The lowest BCUT2D eigenvalue weighted by atomic mass is 9.54. The molecular weight excluding hydrogens is 520 g/mol. The third-order valence-electron chi connectivity index (χ3n) is 7.77. The molecule has 0 aromatic heterocycles. The number of alkyl carbamates (subject to hydrolysis) is 1. The molecule has 220 valence electrons. The van der Waals surface area contributed by atoms with E-state index in [-0.39, 0.29) is 30.7 Å². The maximum atomic E-state index is 12.6. The van der Waals surface area contributed by atoms with Gasteiger partial charge >= 0.3 is 12.1 Å². The van der Waals surface area contributed by atoms with Gasteiger partial charge in [0.15, 0.2) is 11.5 Å². The second-order valence-electron chi connectivity index (χ2n) is 11.6. The molecule has 1 fully saturated rings. The first-order valence-electron chi connectivity index (χ1n) is 14.0. The maximum Gasteiger partial charge on any atom is 0.407 e. The van der Waals surface area contributed by atoms with E-state index < -0.39 is 23.8 Å².